The fraction of sp³-hybridized carbons (Fsp3) is 0.600. The lowest BCUT2D eigenvalue weighted by molar-refractivity contribution is -0.163. The Labute approximate surface area is 256 Å². The van der Waals surface area contributed by atoms with E-state index in [4.69, 9.17) is 25.7 Å². The van der Waals surface area contributed by atoms with Crippen LogP contribution in [0.2, 0.25) is 0 Å². The molecule has 44 heavy (non-hydrogen) atoms. The molecule has 14 heteroatoms. The summed E-state index contributed by atoms with van der Waals surface area (Å²) in [7, 11) is 5.20. The second-order valence-electron chi connectivity index (χ2n) is 12.1. The van der Waals surface area contributed by atoms with Gasteiger partial charge in [0.2, 0.25) is 11.8 Å². The summed E-state index contributed by atoms with van der Waals surface area (Å²) in [5.41, 5.74) is 10.9. The summed E-state index contributed by atoms with van der Waals surface area (Å²) in [6.45, 7) is 2.72. The first-order valence-corrected chi connectivity index (χ1v) is 15.0. The quantitative estimate of drug-likeness (QED) is 0.126. The van der Waals surface area contributed by atoms with E-state index < -0.39 is 29.3 Å². The standard InChI is InChI=1S/C30H43N7O7/c1-17(38)35-19(6-5-12-34-27(31)32)26(39)33-13-15-37(3)28(40)43-21-9-10-30(41)22-16-18-7-8-20(42-4)24-23(18)29(30,25(21)44-24)11-14-36(22)2/h7-9,19,22,25,41H,5-6,10-16H2,1-4H3,(H,33,39)(H,35,38)(H4,31,32,34)/t19?,22-,25+,29+,30-/m1/s1. The molecule has 4 aliphatic rings. The van der Waals surface area contributed by atoms with Crippen LogP contribution in [0.1, 0.15) is 43.7 Å². The number of likely N-dealkylation sites (N-methyl/N-ethyl adjacent to an activating group) is 2. The van der Waals surface area contributed by atoms with Crippen molar-refractivity contribution in [3.8, 4) is 11.5 Å². The molecule has 0 radical (unpaired) electrons. The Morgan fingerprint density at radius 1 is 1.32 bits per heavy atom. The van der Waals surface area contributed by atoms with Gasteiger partial charge in [-0.2, -0.15) is 0 Å². The predicted octanol–water partition coefficient (Wildman–Crippen LogP) is -0.284. The molecule has 1 aromatic carbocycles. The number of nitrogens with zero attached hydrogens (tertiary/aromatic N) is 3. The Kier molecular flexibility index (Phi) is 8.67. The molecule has 1 saturated heterocycles. The number of piperidine rings is 1. The molecule has 2 bridgehead atoms. The molecule has 1 spiro atoms. The first kappa shape index (κ1) is 31.4. The maximum atomic E-state index is 13.3. The van der Waals surface area contributed by atoms with E-state index >= 15 is 0 Å². The van der Waals surface area contributed by atoms with E-state index in [0.717, 1.165) is 17.7 Å². The molecule has 2 heterocycles. The fourth-order valence-corrected chi connectivity index (χ4v) is 7.35. The third kappa shape index (κ3) is 5.30. The normalized spacial score (nSPS) is 26.7. The Bertz CT molecular complexity index is 1380. The summed E-state index contributed by atoms with van der Waals surface area (Å²) in [5.74, 6) is 0.785. The highest BCUT2D eigenvalue weighted by Crippen LogP contribution is 2.65. The van der Waals surface area contributed by atoms with Crippen molar-refractivity contribution in [3.63, 3.8) is 0 Å². The molecule has 1 fully saturated rings. The number of aliphatic imine (C=N–C) groups is 1. The number of amides is 3. The van der Waals surface area contributed by atoms with Crippen LogP contribution in [0.4, 0.5) is 4.79 Å². The predicted molar refractivity (Wildman–Crippen MR) is 161 cm³/mol. The highest BCUT2D eigenvalue weighted by molar-refractivity contribution is 5.86. The number of rotatable bonds is 11. The Morgan fingerprint density at radius 3 is 2.80 bits per heavy atom. The van der Waals surface area contributed by atoms with E-state index in [-0.39, 0.29) is 36.9 Å². The highest BCUT2D eigenvalue weighted by Gasteiger charge is 2.72. The van der Waals surface area contributed by atoms with Gasteiger partial charge in [0.25, 0.3) is 0 Å². The molecule has 0 aromatic heterocycles. The van der Waals surface area contributed by atoms with Gasteiger partial charge in [-0.15, -0.1) is 0 Å². The summed E-state index contributed by atoms with van der Waals surface area (Å²) >= 11 is 0. The maximum absolute atomic E-state index is 13.3. The van der Waals surface area contributed by atoms with Gasteiger partial charge in [0.1, 0.15) is 11.8 Å². The molecule has 14 nitrogen and oxygen atoms in total. The number of methoxy groups -OCH3 is 1. The Morgan fingerprint density at radius 2 is 2.09 bits per heavy atom. The second-order valence-corrected chi connectivity index (χ2v) is 12.1. The molecular formula is C30H43N7O7. The summed E-state index contributed by atoms with van der Waals surface area (Å²) in [4.78, 5) is 45.1. The van der Waals surface area contributed by atoms with Gasteiger partial charge in [0.05, 0.1) is 18.1 Å². The third-order valence-corrected chi connectivity index (χ3v) is 9.46. The van der Waals surface area contributed by atoms with Gasteiger partial charge in [-0.3, -0.25) is 14.6 Å². The third-order valence-electron chi connectivity index (χ3n) is 9.46. The van der Waals surface area contributed by atoms with Crippen LogP contribution < -0.4 is 31.6 Å². The highest BCUT2D eigenvalue weighted by atomic mass is 16.6. The Hall–Kier alpha value is -4.04. The number of guanidine groups is 1. The first-order chi connectivity index (χ1) is 20.9. The van der Waals surface area contributed by atoms with E-state index in [0.29, 0.717) is 55.9 Å². The Balaban J connectivity index is 1.25. The smallest absolute Gasteiger partial charge is 0.414 e. The lowest BCUT2D eigenvalue weighted by atomic mass is 9.50. The average molecular weight is 614 g/mol. The van der Waals surface area contributed by atoms with E-state index in [1.54, 1.807) is 20.2 Å². The van der Waals surface area contributed by atoms with Crippen molar-refractivity contribution in [2.24, 2.45) is 16.5 Å². The molecule has 2 aliphatic carbocycles. The number of carbonyl (C=O) groups excluding carboxylic acids is 3. The number of nitrogens with one attached hydrogen (secondary N) is 2. The van der Waals surface area contributed by atoms with Crippen molar-refractivity contribution in [2.75, 3.05) is 47.4 Å². The van der Waals surface area contributed by atoms with Gasteiger partial charge in [-0.1, -0.05) is 6.07 Å². The van der Waals surface area contributed by atoms with Crippen LogP contribution in [0, 0.1) is 0 Å². The number of nitrogens with two attached hydrogens (primary N) is 2. The van der Waals surface area contributed by atoms with E-state index in [2.05, 4.69) is 20.5 Å². The summed E-state index contributed by atoms with van der Waals surface area (Å²) in [5, 5.41) is 17.7. The van der Waals surface area contributed by atoms with Crippen LogP contribution in [0.5, 0.6) is 11.5 Å². The minimum atomic E-state index is -1.10. The van der Waals surface area contributed by atoms with Crippen molar-refractivity contribution < 1.29 is 33.7 Å². The first-order valence-electron chi connectivity index (χ1n) is 15.0. The molecule has 5 atom stereocenters. The number of benzene rings is 1. The van der Waals surface area contributed by atoms with Gasteiger partial charge in [-0.05, 0) is 57.0 Å². The monoisotopic (exact) mass is 613 g/mol. The zero-order valence-corrected chi connectivity index (χ0v) is 25.7. The van der Waals surface area contributed by atoms with E-state index in [1.165, 1.54) is 11.8 Å². The van der Waals surface area contributed by atoms with Crippen LogP contribution in [-0.2, 0) is 26.2 Å². The van der Waals surface area contributed by atoms with Gasteiger partial charge < -0.3 is 51.2 Å². The number of hydrogen-bond acceptors (Lipinski definition) is 9. The molecule has 1 unspecified atom stereocenters. The lowest BCUT2D eigenvalue weighted by Crippen LogP contribution is -2.74. The molecule has 5 rings (SSSR count). The van der Waals surface area contributed by atoms with Gasteiger partial charge >= 0.3 is 6.09 Å². The second kappa shape index (κ2) is 12.2. The molecule has 0 saturated carbocycles. The van der Waals surface area contributed by atoms with Gasteiger partial charge in [0.15, 0.2) is 23.6 Å². The van der Waals surface area contributed by atoms with Crippen molar-refractivity contribution in [2.45, 2.75) is 68.2 Å². The number of aliphatic hydroxyl groups is 1. The van der Waals surface area contributed by atoms with E-state index in [9.17, 15) is 19.5 Å². The molecule has 240 valence electrons. The largest absolute Gasteiger partial charge is 0.493 e. The number of likely N-dealkylation sites (tertiary alicyclic amines) is 1. The van der Waals surface area contributed by atoms with Crippen LogP contribution in [0.3, 0.4) is 0 Å². The van der Waals surface area contributed by atoms with Crippen molar-refractivity contribution in [1.29, 1.82) is 0 Å². The van der Waals surface area contributed by atoms with Gasteiger partial charge in [-0.25, -0.2) is 4.79 Å². The zero-order chi connectivity index (χ0) is 31.8. The summed E-state index contributed by atoms with van der Waals surface area (Å²) in [6, 6.07) is 3.06. The van der Waals surface area contributed by atoms with Crippen LogP contribution in [0.25, 0.3) is 0 Å². The zero-order valence-electron chi connectivity index (χ0n) is 25.7. The van der Waals surface area contributed by atoms with Gasteiger partial charge in [0, 0.05) is 51.6 Å². The maximum Gasteiger partial charge on any atom is 0.414 e. The number of carbonyl (C=O) groups is 3. The fourth-order valence-electron chi connectivity index (χ4n) is 7.35. The lowest BCUT2D eigenvalue weighted by Gasteiger charge is -2.61. The topological polar surface area (TPSA) is 194 Å². The van der Waals surface area contributed by atoms with Crippen LogP contribution in [-0.4, -0.2) is 110 Å². The minimum absolute atomic E-state index is 0.0393. The van der Waals surface area contributed by atoms with Crippen molar-refractivity contribution >= 4 is 23.9 Å². The number of ether oxygens (including phenoxy) is 3. The molecule has 1 aromatic rings. The summed E-state index contributed by atoms with van der Waals surface area (Å²) < 4.78 is 18.1. The molecular weight excluding hydrogens is 570 g/mol. The molecule has 2 aliphatic heterocycles. The van der Waals surface area contributed by atoms with Crippen LogP contribution >= 0.6 is 0 Å². The summed E-state index contributed by atoms with van der Waals surface area (Å²) in [6.07, 6.45) is 2.92. The minimum Gasteiger partial charge on any atom is -0.493 e. The SMILES string of the molecule is COc1ccc2c3c1O[C@H]1C(OC(=O)N(C)CCNC(=O)C(CCCN=C(N)N)NC(C)=O)=CC[C@@]4(O)[C@@H](C2)N(C)CC[C@]314. The molecule has 3 amide bonds. The molecule has 7 N–H and O–H groups in total. The van der Waals surface area contributed by atoms with Crippen molar-refractivity contribution in [1.82, 2.24) is 20.4 Å². The van der Waals surface area contributed by atoms with E-state index in [1.807, 2.05) is 19.2 Å². The average Bonchev–Trinajstić information content (AvgIpc) is 3.33. The number of hydrogen-bond donors (Lipinski definition) is 5. The van der Waals surface area contributed by atoms with Crippen LogP contribution in [0.15, 0.2) is 29.0 Å². The van der Waals surface area contributed by atoms with Crippen molar-refractivity contribution in [3.05, 3.63) is 35.1 Å².